The van der Waals surface area contributed by atoms with E-state index in [0.29, 0.717) is 10.3 Å². The zero-order valence-electron chi connectivity index (χ0n) is 18.1. The number of fused-ring (bicyclic) bond motifs is 1. The Labute approximate surface area is 190 Å². The number of anilines is 1. The topological polar surface area (TPSA) is 97.7 Å². The van der Waals surface area contributed by atoms with Crippen LogP contribution in [0.3, 0.4) is 0 Å². The maximum atomic E-state index is 13.9. The highest BCUT2D eigenvalue weighted by Gasteiger charge is 2.38. The molecular weight excluding hydrogens is 453 g/mol. The second kappa shape index (κ2) is 9.02. The second-order valence-electron chi connectivity index (χ2n) is 7.21. The molecule has 2 N–H and O–H groups in total. The van der Waals surface area contributed by atoms with E-state index in [1.54, 1.807) is 42.5 Å². The minimum atomic E-state index is -4.81. The van der Waals surface area contributed by atoms with Crippen LogP contribution in [0.1, 0.15) is 21.7 Å². The molecule has 2 heterocycles. The third-order valence-corrected chi connectivity index (χ3v) is 5.06. The molecule has 0 bridgehead atoms. The fourth-order valence-electron chi connectivity index (χ4n) is 3.60. The SMILES string of the molecule is COCc1nc2c(-c3ccccc3)c(C(F)(F)F)[nH]n2c(=O)c1C(=O)Nc1ccccc1OC. The summed E-state index contributed by atoms with van der Waals surface area (Å²) in [6.07, 6.45) is -4.81. The molecule has 0 atom stereocenters. The highest BCUT2D eigenvalue weighted by atomic mass is 19.4. The van der Waals surface area contributed by atoms with Crippen molar-refractivity contribution in [3.63, 3.8) is 0 Å². The fraction of sp³-hybridized carbons (Fsp3) is 0.174. The second-order valence-corrected chi connectivity index (χ2v) is 7.21. The van der Waals surface area contributed by atoms with Crippen molar-refractivity contribution in [3.05, 3.63) is 81.9 Å². The van der Waals surface area contributed by atoms with Crippen LogP contribution < -0.4 is 15.6 Å². The van der Waals surface area contributed by atoms with Gasteiger partial charge in [0, 0.05) is 7.11 Å². The summed E-state index contributed by atoms with van der Waals surface area (Å²) in [5.74, 6) is -0.531. The van der Waals surface area contributed by atoms with Gasteiger partial charge in [-0.2, -0.15) is 17.7 Å². The Morgan fingerprint density at radius 3 is 2.41 bits per heavy atom. The van der Waals surface area contributed by atoms with Gasteiger partial charge in [-0.05, 0) is 17.7 Å². The van der Waals surface area contributed by atoms with Gasteiger partial charge in [0.1, 0.15) is 17.0 Å². The first kappa shape index (κ1) is 23.1. The summed E-state index contributed by atoms with van der Waals surface area (Å²) in [5, 5.41) is 4.65. The molecule has 34 heavy (non-hydrogen) atoms. The van der Waals surface area contributed by atoms with Crippen LogP contribution in [0, 0.1) is 0 Å². The molecule has 4 aromatic rings. The van der Waals surface area contributed by atoms with Crippen molar-refractivity contribution in [1.29, 1.82) is 0 Å². The van der Waals surface area contributed by atoms with Crippen LogP contribution in [-0.4, -0.2) is 34.7 Å². The normalized spacial score (nSPS) is 11.6. The van der Waals surface area contributed by atoms with Gasteiger partial charge >= 0.3 is 6.18 Å². The van der Waals surface area contributed by atoms with Crippen LogP contribution in [0.25, 0.3) is 16.8 Å². The molecule has 0 saturated heterocycles. The van der Waals surface area contributed by atoms with Gasteiger partial charge in [-0.3, -0.25) is 14.7 Å². The summed E-state index contributed by atoms with van der Waals surface area (Å²) in [6.45, 7) is -0.277. The van der Waals surface area contributed by atoms with Gasteiger partial charge in [0.25, 0.3) is 11.5 Å². The highest BCUT2D eigenvalue weighted by Crippen LogP contribution is 2.38. The lowest BCUT2D eigenvalue weighted by Gasteiger charge is -2.12. The number of aromatic nitrogens is 3. The summed E-state index contributed by atoms with van der Waals surface area (Å²) in [5.41, 5.74) is -2.83. The predicted molar refractivity (Wildman–Crippen MR) is 118 cm³/mol. The number of nitrogens with zero attached hydrogens (tertiary/aromatic N) is 2. The number of ether oxygens (including phenoxy) is 2. The number of amides is 1. The molecule has 0 aliphatic heterocycles. The van der Waals surface area contributed by atoms with Crippen LogP contribution in [0.5, 0.6) is 5.75 Å². The van der Waals surface area contributed by atoms with E-state index in [4.69, 9.17) is 9.47 Å². The van der Waals surface area contributed by atoms with E-state index < -0.39 is 28.9 Å². The van der Waals surface area contributed by atoms with Gasteiger partial charge in [0.2, 0.25) is 0 Å². The Morgan fingerprint density at radius 1 is 1.09 bits per heavy atom. The summed E-state index contributed by atoms with van der Waals surface area (Å²) in [7, 11) is 2.73. The lowest BCUT2D eigenvalue weighted by molar-refractivity contribution is -0.140. The molecule has 0 radical (unpaired) electrons. The van der Waals surface area contributed by atoms with Crippen LogP contribution in [0.15, 0.2) is 59.4 Å². The van der Waals surface area contributed by atoms with E-state index in [9.17, 15) is 22.8 Å². The smallest absolute Gasteiger partial charge is 0.433 e. The van der Waals surface area contributed by atoms with Crippen LogP contribution >= 0.6 is 0 Å². The number of hydrogen-bond acceptors (Lipinski definition) is 5. The minimum absolute atomic E-state index is 0.107. The summed E-state index contributed by atoms with van der Waals surface area (Å²) in [6, 6.07) is 14.2. The van der Waals surface area contributed by atoms with Crippen molar-refractivity contribution in [1.82, 2.24) is 14.6 Å². The Balaban J connectivity index is 1.96. The van der Waals surface area contributed by atoms with Gasteiger partial charge in [-0.25, -0.2) is 4.98 Å². The Kier molecular flexibility index (Phi) is 6.12. The largest absolute Gasteiger partial charge is 0.495 e. The van der Waals surface area contributed by atoms with Gasteiger partial charge < -0.3 is 14.8 Å². The molecule has 0 spiro atoms. The van der Waals surface area contributed by atoms with E-state index in [1.807, 2.05) is 0 Å². The van der Waals surface area contributed by atoms with Crippen LogP contribution in [-0.2, 0) is 17.5 Å². The van der Waals surface area contributed by atoms with Gasteiger partial charge in [0.05, 0.1) is 30.7 Å². The maximum absolute atomic E-state index is 13.9. The molecule has 11 heteroatoms. The lowest BCUT2D eigenvalue weighted by Crippen LogP contribution is -2.30. The molecule has 2 aromatic carbocycles. The van der Waals surface area contributed by atoms with Crippen molar-refractivity contribution in [2.75, 3.05) is 19.5 Å². The average molecular weight is 472 g/mol. The highest BCUT2D eigenvalue weighted by molar-refractivity contribution is 6.05. The Morgan fingerprint density at radius 2 is 1.76 bits per heavy atom. The third-order valence-electron chi connectivity index (χ3n) is 5.06. The van der Waals surface area contributed by atoms with Crippen LogP contribution in [0.4, 0.5) is 18.9 Å². The molecule has 0 aliphatic carbocycles. The first-order chi connectivity index (χ1) is 16.3. The number of H-pyrrole nitrogens is 1. The molecule has 0 saturated carbocycles. The minimum Gasteiger partial charge on any atom is -0.495 e. The molecule has 4 rings (SSSR count). The van der Waals surface area contributed by atoms with Crippen molar-refractivity contribution < 1.29 is 27.4 Å². The van der Waals surface area contributed by atoms with Gasteiger partial charge in [-0.15, -0.1) is 0 Å². The van der Waals surface area contributed by atoms with Crippen molar-refractivity contribution in [3.8, 4) is 16.9 Å². The number of benzene rings is 2. The first-order valence-electron chi connectivity index (χ1n) is 9.99. The number of aromatic amines is 1. The standard InChI is InChI=1S/C23H19F3N4O4/c1-33-12-15-18(21(31)28-14-10-6-7-11-16(14)34-2)22(32)30-20(27-15)17(13-8-4-3-5-9-13)19(29-30)23(24,25)26/h3-11,29H,12H2,1-2H3,(H,28,31). The molecule has 0 fully saturated rings. The van der Waals surface area contributed by atoms with E-state index in [-0.39, 0.29) is 34.8 Å². The van der Waals surface area contributed by atoms with Crippen LogP contribution in [0.2, 0.25) is 0 Å². The third kappa shape index (κ3) is 4.13. The number of carbonyl (C=O) groups excluding carboxylic acids is 1. The zero-order chi connectivity index (χ0) is 24.5. The average Bonchev–Trinajstić information content (AvgIpc) is 3.21. The molecule has 8 nitrogen and oxygen atoms in total. The Hall–Kier alpha value is -4.12. The molecule has 1 amide bonds. The van der Waals surface area contributed by atoms with E-state index in [2.05, 4.69) is 15.4 Å². The molecule has 0 aliphatic rings. The van der Waals surface area contributed by atoms with Crippen molar-refractivity contribution >= 4 is 17.2 Å². The van der Waals surface area contributed by atoms with Crippen molar-refractivity contribution in [2.24, 2.45) is 0 Å². The van der Waals surface area contributed by atoms with Gasteiger partial charge in [0.15, 0.2) is 5.65 Å². The molecular formula is C23H19F3N4O4. The molecule has 2 aromatic heterocycles. The zero-order valence-corrected chi connectivity index (χ0v) is 18.1. The van der Waals surface area contributed by atoms with Crippen molar-refractivity contribution in [2.45, 2.75) is 12.8 Å². The number of halogens is 3. The number of methoxy groups -OCH3 is 2. The number of para-hydroxylation sites is 2. The number of hydrogen-bond donors (Lipinski definition) is 2. The fourth-order valence-corrected chi connectivity index (χ4v) is 3.60. The lowest BCUT2D eigenvalue weighted by atomic mass is 10.1. The molecule has 176 valence electrons. The predicted octanol–water partition coefficient (Wildman–Crippen LogP) is 4.12. The first-order valence-corrected chi connectivity index (χ1v) is 9.99. The number of rotatable bonds is 6. The number of alkyl halides is 3. The summed E-state index contributed by atoms with van der Waals surface area (Å²) in [4.78, 5) is 30.7. The van der Waals surface area contributed by atoms with E-state index in [0.717, 1.165) is 0 Å². The maximum Gasteiger partial charge on any atom is 0.433 e. The van der Waals surface area contributed by atoms with E-state index >= 15 is 0 Å². The molecule has 0 unspecified atom stereocenters. The monoisotopic (exact) mass is 472 g/mol. The number of carbonyl (C=O) groups is 1. The van der Waals surface area contributed by atoms with E-state index in [1.165, 1.54) is 26.4 Å². The summed E-state index contributed by atoms with van der Waals surface area (Å²) >= 11 is 0. The Bertz CT molecular complexity index is 1410. The van der Waals surface area contributed by atoms with Gasteiger partial charge in [-0.1, -0.05) is 42.5 Å². The summed E-state index contributed by atoms with van der Waals surface area (Å²) < 4.78 is 52.6. The number of nitrogens with one attached hydrogen (secondary N) is 2. The quantitative estimate of drug-likeness (QED) is 0.440.